The zero-order valence-corrected chi connectivity index (χ0v) is 6.30. The van der Waals surface area contributed by atoms with E-state index < -0.39 is 11.7 Å². The summed E-state index contributed by atoms with van der Waals surface area (Å²) < 4.78 is 0. The van der Waals surface area contributed by atoms with Crippen LogP contribution >= 0.6 is 0 Å². The molecule has 0 aromatic heterocycles. The number of carboxylic acids is 1. The molecule has 1 N–H and O–H groups in total. The Morgan fingerprint density at radius 3 is 2.38 bits per heavy atom. The highest BCUT2D eigenvalue weighted by Crippen LogP contribution is 2.31. The third-order valence-corrected chi connectivity index (χ3v) is 1.43. The fraction of sp³-hybridized carbons (Fsp3) is 0. The Balaban J connectivity index is 3.43. The van der Waals surface area contributed by atoms with Crippen LogP contribution in [0.2, 0.25) is 0 Å². The minimum Gasteiger partial charge on any atom is -0.478 e. The lowest BCUT2D eigenvalue weighted by Gasteiger charge is -1.97. The lowest BCUT2D eigenvalue weighted by molar-refractivity contribution is 0.0698. The summed E-state index contributed by atoms with van der Waals surface area (Å²) >= 11 is 0. The highest BCUT2D eigenvalue weighted by Gasteiger charge is 2.14. The maximum absolute atomic E-state index is 10.5. The molecule has 0 aliphatic rings. The predicted octanol–water partition coefficient (Wildman–Crippen LogP) is 2.18. The van der Waals surface area contributed by atoms with E-state index in [2.05, 4.69) is 10.4 Å². The minimum atomic E-state index is -1.32. The van der Waals surface area contributed by atoms with E-state index in [9.17, 15) is 14.6 Å². The van der Waals surface area contributed by atoms with Gasteiger partial charge < -0.3 is 5.11 Å². The molecule has 6 heteroatoms. The maximum Gasteiger partial charge on any atom is 0.338 e. The van der Waals surface area contributed by atoms with E-state index in [1.165, 1.54) is 18.2 Å². The van der Waals surface area contributed by atoms with Gasteiger partial charge in [-0.2, -0.15) is 0 Å². The number of hydrogen-bond donors (Lipinski definition) is 1. The van der Waals surface area contributed by atoms with E-state index >= 15 is 0 Å². The third-order valence-electron chi connectivity index (χ3n) is 1.43. The summed E-state index contributed by atoms with van der Waals surface area (Å²) in [5.74, 6) is -1.32. The molecule has 0 saturated heterocycles. The molecule has 0 atom stereocenters. The topological polar surface area (TPSA) is 96.2 Å². The summed E-state index contributed by atoms with van der Waals surface area (Å²) in [6.45, 7) is 0. The van der Waals surface area contributed by atoms with Crippen molar-refractivity contribution in [3.05, 3.63) is 33.6 Å². The quantitative estimate of drug-likeness (QED) is 0.720. The number of nitrogens with zero attached hydrogens (tertiary/aromatic N) is 2. The minimum absolute atomic E-state index is 0.269. The monoisotopic (exact) mass is 180 g/mol. The summed E-state index contributed by atoms with van der Waals surface area (Å²) in [5, 5.41) is 13.5. The van der Waals surface area contributed by atoms with Crippen LogP contribution in [-0.4, -0.2) is 11.1 Å². The second kappa shape index (κ2) is 3.53. The highest BCUT2D eigenvalue weighted by molar-refractivity contribution is 5.96. The number of benzene rings is 1. The van der Waals surface area contributed by atoms with Gasteiger partial charge in [-0.15, -0.1) is 9.81 Å². The summed E-state index contributed by atoms with van der Waals surface area (Å²) in [7, 11) is 0. The predicted molar refractivity (Wildman–Crippen MR) is 44.3 cm³/mol. The fourth-order valence-corrected chi connectivity index (χ4v) is 0.874. The Hall–Kier alpha value is -2.11. The molecule has 0 spiro atoms. The van der Waals surface area contributed by atoms with Crippen molar-refractivity contribution in [3.63, 3.8) is 0 Å². The van der Waals surface area contributed by atoms with Gasteiger partial charge in [0, 0.05) is 0 Å². The lowest BCUT2D eigenvalue weighted by atomic mass is 10.1. The average Bonchev–Trinajstić information content (AvgIpc) is 2.16. The number of carboxylic acid groups (broad SMARTS) is 1. The van der Waals surface area contributed by atoms with Crippen molar-refractivity contribution in [1.82, 2.24) is 0 Å². The number of aromatic carboxylic acids is 1. The molecule has 1 rings (SSSR count). The third kappa shape index (κ3) is 1.56. The SMILES string of the molecule is O=Nc1cccc(C(=O)O)c1N=O. The van der Waals surface area contributed by atoms with Gasteiger partial charge in [0.25, 0.3) is 0 Å². The molecule has 0 saturated carbocycles. The molecule has 0 bridgehead atoms. The summed E-state index contributed by atoms with van der Waals surface area (Å²) in [6, 6.07) is 3.71. The van der Waals surface area contributed by atoms with Crippen LogP contribution in [0.25, 0.3) is 0 Å². The summed E-state index contributed by atoms with van der Waals surface area (Å²) in [6.07, 6.45) is 0. The van der Waals surface area contributed by atoms with Crippen LogP contribution < -0.4 is 0 Å². The Labute approximate surface area is 72.1 Å². The maximum atomic E-state index is 10.5. The second-order valence-electron chi connectivity index (χ2n) is 2.16. The van der Waals surface area contributed by atoms with Crippen LogP contribution in [0.1, 0.15) is 10.4 Å². The first-order valence-corrected chi connectivity index (χ1v) is 3.23. The fourth-order valence-electron chi connectivity index (χ4n) is 0.874. The van der Waals surface area contributed by atoms with Crippen LogP contribution in [0.5, 0.6) is 0 Å². The highest BCUT2D eigenvalue weighted by atomic mass is 16.4. The van der Waals surface area contributed by atoms with Crippen molar-refractivity contribution in [3.8, 4) is 0 Å². The zero-order chi connectivity index (χ0) is 9.84. The Kier molecular flexibility index (Phi) is 2.44. The van der Waals surface area contributed by atoms with Crippen molar-refractivity contribution >= 4 is 17.3 Å². The van der Waals surface area contributed by atoms with Crippen LogP contribution in [-0.2, 0) is 0 Å². The Morgan fingerprint density at radius 1 is 1.23 bits per heavy atom. The van der Waals surface area contributed by atoms with Crippen LogP contribution in [0.3, 0.4) is 0 Å². The first kappa shape index (κ1) is 8.98. The van der Waals surface area contributed by atoms with Gasteiger partial charge in [-0.25, -0.2) is 4.79 Å². The van der Waals surface area contributed by atoms with Crippen molar-refractivity contribution in [2.24, 2.45) is 10.4 Å². The van der Waals surface area contributed by atoms with Gasteiger partial charge in [-0.1, -0.05) is 6.07 Å². The van der Waals surface area contributed by atoms with Gasteiger partial charge in [-0.05, 0) is 22.5 Å². The van der Waals surface area contributed by atoms with E-state index in [4.69, 9.17) is 5.11 Å². The molecule has 0 unspecified atom stereocenters. The number of rotatable bonds is 3. The van der Waals surface area contributed by atoms with E-state index in [-0.39, 0.29) is 11.3 Å². The van der Waals surface area contributed by atoms with Crippen molar-refractivity contribution in [2.45, 2.75) is 0 Å². The molecule has 0 radical (unpaired) electrons. The molecule has 6 nitrogen and oxygen atoms in total. The first-order valence-electron chi connectivity index (χ1n) is 3.23. The van der Waals surface area contributed by atoms with Gasteiger partial charge in [0.2, 0.25) is 0 Å². The molecule has 0 fully saturated rings. The molecule has 0 aliphatic heterocycles. The zero-order valence-electron chi connectivity index (χ0n) is 6.30. The van der Waals surface area contributed by atoms with E-state index in [0.717, 1.165) is 0 Å². The standard InChI is InChI=1S/C7H4N2O4/c10-7(11)4-2-1-3-5(8-12)6(4)9-13/h1-3H,(H,10,11). The van der Waals surface area contributed by atoms with Gasteiger partial charge >= 0.3 is 5.97 Å². The second-order valence-corrected chi connectivity index (χ2v) is 2.16. The number of carbonyl (C=O) groups is 1. The molecular weight excluding hydrogens is 176 g/mol. The molecule has 66 valence electrons. The molecule has 13 heavy (non-hydrogen) atoms. The van der Waals surface area contributed by atoms with Crippen molar-refractivity contribution in [2.75, 3.05) is 0 Å². The van der Waals surface area contributed by atoms with Crippen molar-refractivity contribution in [1.29, 1.82) is 0 Å². The van der Waals surface area contributed by atoms with Gasteiger partial charge in [0.05, 0.1) is 5.56 Å². The van der Waals surface area contributed by atoms with E-state index in [1.54, 1.807) is 0 Å². The molecule has 1 aromatic carbocycles. The summed E-state index contributed by atoms with van der Waals surface area (Å²) in [4.78, 5) is 30.8. The molecule has 1 aromatic rings. The lowest BCUT2D eigenvalue weighted by Crippen LogP contribution is -1.95. The normalized spacial score (nSPS) is 9.23. The van der Waals surface area contributed by atoms with Crippen LogP contribution in [0, 0.1) is 9.81 Å². The van der Waals surface area contributed by atoms with Gasteiger partial charge in [0.1, 0.15) is 5.69 Å². The number of nitroso groups, excluding NO2 is 2. The van der Waals surface area contributed by atoms with E-state index in [1.807, 2.05) is 0 Å². The van der Waals surface area contributed by atoms with Crippen molar-refractivity contribution < 1.29 is 9.90 Å². The Bertz CT molecular complexity index is 375. The van der Waals surface area contributed by atoms with Gasteiger partial charge in [-0.3, -0.25) is 0 Å². The Morgan fingerprint density at radius 2 is 1.92 bits per heavy atom. The molecule has 0 amide bonds. The molecular formula is C7H4N2O4. The molecule has 0 aliphatic carbocycles. The van der Waals surface area contributed by atoms with Crippen LogP contribution in [0.4, 0.5) is 11.4 Å². The summed E-state index contributed by atoms with van der Waals surface area (Å²) in [5.41, 5.74) is -1.04. The van der Waals surface area contributed by atoms with Crippen LogP contribution in [0.15, 0.2) is 28.6 Å². The molecule has 0 heterocycles. The largest absolute Gasteiger partial charge is 0.478 e. The van der Waals surface area contributed by atoms with E-state index in [0.29, 0.717) is 0 Å². The van der Waals surface area contributed by atoms with Gasteiger partial charge in [0.15, 0.2) is 5.69 Å². The average molecular weight is 180 g/mol. The number of hydrogen-bond acceptors (Lipinski definition) is 5. The first-order chi connectivity index (χ1) is 6.20. The smallest absolute Gasteiger partial charge is 0.338 e.